The second-order valence-corrected chi connectivity index (χ2v) is 9.92. The summed E-state index contributed by atoms with van der Waals surface area (Å²) in [5.41, 5.74) is 2.91. The molecule has 4 aromatic rings. The number of carbonyl (C=O) groups is 1. The van der Waals surface area contributed by atoms with Crippen LogP contribution in [0.5, 0.6) is 0 Å². The zero-order valence-electron chi connectivity index (χ0n) is 20.1. The van der Waals surface area contributed by atoms with Crippen molar-refractivity contribution >= 4 is 27.5 Å². The molecule has 4 aromatic heterocycles. The molecule has 5 rings (SSSR count). The number of carbonyl (C=O) groups excluding carboxylic acids is 1. The molecule has 35 heavy (non-hydrogen) atoms. The summed E-state index contributed by atoms with van der Waals surface area (Å²) in [6.45, 7) is 8.61. The van der Waals surface area contributed by atoms with E-state index in [1.54, 1.807) is 0 Å². The van der Waals surface area contributed by atoms with Gasteiger partial charge in [-0.2, -0.15) is 0 Å². The number of hydrogen-bond acceptors (Lipinski definition) is 8. The van der Waals surface area contributed by atoms with Crippen LogP contribution in [0, 0.1) is 13.8 Å². The van der Waals surface area contributed by atoms with Gasteiger partial charge >= 0.3 is 0 Å². The number of fused-ring (bicyclic) bond motifs is 1. The lowest BCUT2D eigenvalue weighted by Crippen LogP contribution is -2.43. The predicted octanol–water partition coefficient (Wildman–Crippen LogP) is 2.93. The molecule has 9 nitrogen and oxygen atoms in total. The van der Waals surface area contributed by atoms with E-state index >= 15 is 0 Å². The third-order valence-corrected chi connectivity index (χ3v) is 7.21. The van der Waals surface area contributed by atoms with Gasteiger partial charge in [-0.05, 0) is 56.1 Å². The summed E-state index contributed by atoms with van der Waals surface area (Å²) < 4.78 is 6.78. The number of nitrogens with one attached hydrogen (secondary N) is 2. The zero-order valence-corrected chi connectivity index (χ0v) is 20.9. The number of aryl methyl sites for hydroxylation is 2. The van der Waals surface area contributed by atoms with Gasteiger partial charge in [0.2, 0.25) is 0 Å². The van der Waals surface area contributed by atoms with E-state index in [2.05, 4.69) is 37.1 Å². The van der Waals surface area contributed by atoms with E-state index in [1.165, 1.54) is 11.3 Å². The first-order valence-corrected chi connectivity index (χ1v) is 12.5. The number of H-pyrrole nitrogens is 1. The number of aromatic amines is 1. The highest BCUT2D eigenvalue weighted by Crippen LogP contribution is 2.27. The maximum Gasteiger partial charge on any atom is 0.271 e. The summed E-state index contributed by atoms with van der Waals surface area (Å²) in [5, 5.41) is 4.74. The Balaban J connectivity index is 1.37. The number of amides is 1. The van der Waals surface area contributed by atoms with Crippen molar-refractivity contribution in [2.75, 3.05) is 33.2 Å². The van der Waals surface area contributed by atoms with Crippen LogP contribution in [0.25, 0.3) is 21.8 Å². The first-order chi connectivity index (χ1) is 16.9. The number of aromatic nitrogens is 3. The minimum atomic E-state index is -0.357. The van der Waals surface area contributed by atoms with Crippen molar-refractivity contribution in [3.8, 4) is 11.6 Å². The van der Waals surface area contributed by atoms with Gasteiger partial charge in [0.1, 0.15) is 11.5 Å². The first-order valence-electron chi connectivity index (χ1n) is 11.6. The van der Waals surface area contributed by atoms with Crippen LogP contribution in [0.15, 0.2) is 38.9 Å². The van der Waals surface area contributed by atoms with Gasteiger partial charge in [0.15, 0.2) is 11.6 Å². The van der Waals surface area contributed by atoms with Gasteiger partial charge in [-0.25, -0.2) is 9.97 Å². The Morgan fingerprint density at radius 1 is 1.17 bits per heavy atom. The molecule has 0 aromatic carbocycles. The molecule has 0 bridgehead atoms. The molecule has 0 atom stereocenters. The van der Waals surface area contributed by atoms with Gasteiger partial charge < -0.3 is 19.6 Å². The van der Waals surface area contributed by atoms with Crippen LogP contribution < -0.4 is 10.9 Å². The number of furan rings is 1. The van der Waals surface area contributed by atoms with Crippen LogP contribution in [0.4, 0.5) is 0 Å². The molecule has 1 fully saturated rings. The molecule has 0 spiro atoms. The Bertz CT molecular complexity index is 1430. The second kappa shape index (κ2) is 9.73. The molecule has 0 aliphatic carbocycles. The van der Waals surface area contributed by atoms with Crippen molar-refractivity contribution in [1.82, 2.24) is 30.1 Å². The van der Waals surface area contributed by atoms with Crippen LogP contribution in [0.1, 0.15) is 33.1 Å². The van der Waals surface area contributed by atoms with Crippen LogP contribution in [-0.2, 0) is 13.1 Å². The van der Waals surface area contributed by atoms with Gasteiger partial charge in [-0.1, -0.05) is 0 Å². The van der Waals surface area contributed by atoms with Crippen molar-refractivity contribution in [3.63, 3.8) is 0 Å². The molecule has 0 unspecified atom stereocenters. The van der Waals surface area contributed by atoms with Gasteiger partial charge in [0, 0.05) is 44.0 Å². The second-order valence-electron chi connectivity index (χ2n) is 9.00. The third-order valence-electron chi connectivity index (χ3n) is 6.30. The van der Waals surface area contributed by atoms with Crippen molar-refractivity contribution < 1.29 is 9.21 Å². The highest BCUT2D eigenvalue weighted by molar-refractivity contribution is 7.17. The summed E-state index contributed by atoms with van der Waals surface area (Å²) in [6, 6.07) is 7.56. The van der Waals surface area contributed by atoms with Crippen LogP contribution >= 0.6 is 11.3 Å². The molecule has 1 aliphatic rings. The van der Waals surface area contributed by atoms with Gasteiger partial charge in [0.05, 0.1) is 16.8 Å². The Hall–Kier alpha value is -3.34. The molecule has 0 radical (unpaired) electrons. The number of thiophene rings is 1. The normalized spacial score (nSPS) is 15.1. The molecule has 1 amide bonds. The lowest BCUT2D eigenvalue weighted by Gasteiger charge is -2.31. The molecule has 2 N–H and O–H groups in total. The Morgan fingerprint density at radius 2 is 1.97 bits per heavy atom. The molecule has 5 heterocycles. The SMILES string of the molecule is Cc1cc(C)c(CNC(=O)c2nc(-c3ccc(CN4CCN(C)CC4)o3)nc3ccsc23)c(=O)[nH]1. The summed E-state index contributed by atoms with van der Waals surface area (Å²) in [7, 11) is 2.13. The molecule has 1 saturated heterocycles. The maximum atomic E-state index is 13.1. The van der Waals surface area contributed by atoms with E-state index in [0.717, 1.165) is 49.7 Å². The fourth-order valence-electron chi connectivity index (χ4n) is 4.29. The van der Waals surface area contributed by atoms with E-state index < -0.39 is 0 Å². The smallest absolute Gasteiger partial charge is 0.271 e. The van der Waals surface area contributed by atoms with Crippen molar-refractivity contribution in [2.45, 2.75) is 26.9 Å². The lowest BCUT2D eigenvalue weighted by atomic mass is 10.1. The highest BCUT2D eigenvalue weighted by Gasteiger charge is 2.20. The van der Waals surface area contributed by atoms with E-state index in [4.69, 9.17) is 4.42 Å². The van der Waals surface area contributed by atoms with Gasteiger partial charge in [-0.15, -0.1) is 11.3 Å². The predicted molar refractivity (Wildman–Crippen MR) is 136 cm³/mol. The van der Waals surface area contributed by atoms with E-state index in [9.17, 15) is 9.59 Å². The summed E-state index contributed by atoms with van der Waals surface area (Å²) in [5.74, 6) is 1.39. The fraction of sp³-hybridized carbons (Fsp3) is 0.360. The molecule has 182 valence electrons. The zero-order chi connectivity index (χ0) is 24.5. The number of rotatable bonds is 6. The fourth-order valence-corrected chi connectivity index (χ4v) is 5.11. The molecule has 10 heteroatoms. The Kier molecular flexibility index (Phi) is 6.50. The molecule has 0 saturated carbocycles. The highest BCUT2D eigenvalue weighted by atomic mass is 32.1. The van der Waals surface area contributed by atoms with Crippen LogP contribution in [-0.4, -0.2) is 63.9 Å². The number of pyridine rings is 1. The number of nitrogens with zero attached hydrogens (tertiary/aromatic N) is 4. The molecular weight excluding hydrogens is 464 g/mol. The van der Waals surface area contributed by atoms with Crippen LogP contribution in [0.3, 0.4) is 0 Å². The Morgan fingerprint density at radius 3 is 2.74 bits per heavy atom. The van der Waals surface area contributed by atoms with Crippen molar-refractivity contribution in [2.24, 2.45) is 0 Å². The standard InChI is InChI=1S/C25H28N6O3S/c1-15-12-16(2)27-24(32)18(15)13-26-25(33)21-22-19(6-11-35-22)28-23(29-21)20-5-4-17(34-20)14-31-9-7-30(3)8-10-31/h4-6,11-12H,7-10,13-14H2,1-3H3,(H,26,33)(H,27,32). The number of likely N-dealkylation sites (N-methyl/N-ethyl adjacent to an activating group) is 1. The van der Waals surface area contributed by atoms with Gasteiger partial charge in [-0.3, -0.25) is 14.5 Å². The summed E-state index contributed by atoms with van der Waals surface area (Å²) in [6.07, 6.45) is 0. The topological polar surface area (TPSA) is 107 Å². The third kappa shape index (κ3) is 5.04. The summed E-state index contributed by atoms with van der Waals surface area (Å²) in [4.78, 5) is 42.1. The maximum absolute atomic E-state index is 13.1. The lowest BCUT2D eigenvalue weighted by molar-refractivity contribution is 0.0947. The number of piperazine rings is 1. The molecule has 1 aliphatic heterocycles. The quantitative estimate of drug-likeness (QED) is 0.426. The van der Waals surface area contributed by atoms with Crippen LogP contribution in [0.2, 0.25) is 0 Å². The van der Waals surface area contributed by atoms with E-state index in [0.29, 0.717) is 27.4 Å². The largest absolute Gasteiger partial charge is 0.456 e. The van der Waals surface area contributed by atoms with E-state index in [-0.39, 0.29) is 23.7 Å². The average Bonchev–Trinajstić information content (AvgIpc) is 3.48. The Labute approximate surface area is 206 Å². The average molecular weight is 493 g/mol. The van der Waals surface area contributed by atoms with Gasteiger partial charge in [0.25, 0.3) is 11.5 Å². The van der Waals surface area contributed by atoms with Crippen molar-refractivity contribution in [1.29, 1.82) is 0 Å². The number of hydrogen-bond donors (Lipinski definition) is 2. The van der Waals surface area contributed by atoms with E-state index in [1.807, 2.05) is 43.5 Å². The molecular formula is C25H28N6O3S. The monoisotopic (exact) mass is 492 g/mol. The first kappa shape index (κ1) is 23.4. The van der Waals surface area contributed by atoms with Crippen molar-refractivity contribution in [3.05, 3.63) is 68.3 Å². The minimum absolute atomic E-state index is 0.114. The summed E-state index contributed by atoms with van der Waals surface area (Å²) >= 11 is 1.41. The minimum Gasteiger partial charge on any atom is -0.456 e.